The minimum atomic E-state index is -0.286. The Labute approximate surface area is 170 Å². The van der Waals surface area contributed by atoms with E-state index < -0.39 is 0 Å². The summed E-state index contributed by atoms with van der Waals surface area (Å²) in [7, 11) is 0. The van der Waals surface area contributed by atoms with Crippen molar-refractivity contribution in [3.8, 4) is 22.4 Å². The summed E-state index contributed by atoms with van der Waals surface area (Å²) in [4.78, 5) is 18.0. The van der Waals surface area contributed by atoms with E-state index in [9.17, 15) is 9.18 Å². The molecule has 0 spiro atoms. The fourth-order valence-corrected chi connectivity index (χ4v) is 4.29. The lowest BCUT2D eigenvalue weighted by Crippen LogP contribution is -2.08. The minimum Gasteiger partial charge on any atom is -0.298 e. The quantitative estimate of drug-likeness (QED) is 0.421. The van der Waals surface area contributed by atoms with Crippen molar-refractivity contribution in [1.82, 2.24) is 4.98 Å². The Morgan fingerprint density at radius 3 is 2.54 bits per heavy atom. The highest BCUT2D eigenvalue weighted by Gasteiger charge is 2.25. The number of aromatic nitrogens is 1. The van der Waals surface area contributed by atoms with Crippen LogP contribution in [0.15, 0.2) is 47.4 Å². The summed E-state index contributed by atoms with van der Waals surface area (Å²) in [5, 5.41) is 0. The van der Waals surface area contributed by atoms with E-state index >= 15 is 0 Å². The van der Waals surface area contributed by atoms with Gasteiger partial charge >= 0.3 is 0 Å². The lowest BCUT2D eigenvalue weighted by Gasteiger charge is -2.20. The number of carbonyl (C=O) groups is 1. The van der Waals surface area contributed by atoms with Gasteiger partial charge in [-0.1, -0.05) is 32.0 Å². The summed E-state index contributed by atoms with van der Waals surface area (Å²) in [6, 6.07) is 12.6. The summed E-state index contributed by atoms with van der Waals surface area (Å²) in [5.74, 6) is -0.193. The van der Waals surface area contributed by atoms with Crippen LogP contribution in [0.25, 0.3) is 22.4 Å². The SMILES string of the molecule is CC(C)c1nc2c(c(-c3ccc(F)cc3)c1C=O)CCCc1ccc(S)cc1-2. The van der Waals surface area contributed by atoms with Gasteiger partial charge in [-0.25, -0.2) is 4.39 Å². The molecule has 0 bridgehead atoms. The van der Waals surface area contributed by atoms with Gasteiger partial charge in [0, 0.05) is 16.0 Å². The Morgan fingerprint density at radius 1 is 1.11 bits per heavy atom. The summed E-state index contributed by atoms with van der Waals surface area (Å²) < 4.78 is 13.5. The molecule has 0 saturated heterocycles. The van der Waals surface area contributed by atoms with Crippen molar-refractivity contribution in [3.63, 3.8) is 0 Å². The first-order valence-electron chi connectivity index (χ1n) is 9.59. The molecule has 142 valence electrons. The van der Waals surface area contributed by atoms with Gasteiger partial charge in [-0.05, 0) is 71.7 Å². The monoisotopic (exact) mass is 391 g/mol. The van der Waals surface area contributed by atoms with Crippen molar-refractivity contribution < 1.29 is 9.18 Å². The third kappa shape index (κ3) is 3.26. The lowest BCUT2D eigenvalue weighted by atomic mass is 9.87. The fourth-order valence-electron chi connectivity index (χ4n) is 4.09. The molecule has 4 rings (SSSR count). The third-order valence-corrected chi connectivity index (χ3v) is 5.66. The predicted molar refractivity (Wildman–Crippen MR) is 114 cm³/mol. The predicted octanol–water partition coefficient (Wildman–Crippen LogP) is 6.27. The topological polar surface area (TPSA) is 30.0 Å². The number of aldehydes is 1. The first-order chi connectivity index (χ1) is 13.5. The Kier molecular flexibility index (Phi) is 5.07. The van der Waals surface area contributed by atoms with Crippen molar-refractivity contribution in [1.29, 1.82) is 0 Å². The molecule has 0 saturated carbocycles. The molecule has 0 amide bonds. The molecule has 0 atom stereocenters. The number of rotatable bonds is 3. The fraction of sp³-hybridized carbons (Fsp3) is 0.250. The summed E-state index contributed by atoms with van der Waals surface area (Å²) in [6.45, 7) is 4.09. The van der Waals surface area contributed by atoms with Crippen LogP contribution in [0, 0.1) is 5.82 Å². The van der Waals surface area contributed by atoms with Crippen molar-refractivity contribution in [2.45, 2.75) is 43.9 Å². The Hall–Kier alpha value is -2.46. The summed E-state index contributed by atoms with van der Waals surface area (Å²) in [5.41, 5.74) is 7.48. The number of aryl methyl sites for hydroxylation is 1. The van der Waals surface area contributed by atoms with E-state index in [0.29, 0.717) is 5.56 Å². The van der Waals surface area contributed by atoms with E-state index in [1.807, 2.05) is 19.9 Å². The Bertz CT molecular complexity index is 1060. The number of hydrogen-bond donors (Lipinski definition) is 1. The van der Waals surface area contributed by atoms with Crippen molar-refractivity contribution in [2.24, 2.45) is 0 Å². The molecule has 4 heteroatoms. The number of pyridine rings is 1. The molecular formula is C24H22FNOS. The highest BCUT2D eigenvalue weighted by Crippen LogP contribution is 2.41. The van der Waals surface area contributed by atoms with Crippen molar-refractivity contribution >= 4 is 18.9 Å². The molecule has 0 unspecified atom stereocenters. The Morgan fingerprint density at radius 2 is 1.86 bits per heavy atom. The van der Waals surface area contributed by atoms with Crippen molar-refractivity contribution in [2.75, 3.05) is 0 Å². The van der Waals surface area contributed by atoms with Crippen LogP contribution in [0.3, 0.4) is 0 Å². The molecule has 1 aliphatic rings. The standard InChI is InChI=1S/C24H22FNOS/c1-14(2)23-21(13-27)22(16-6-9-17(25)10-7-16)19-5-3-4-15-8-11-18(28)12-20(15)24(19)26-23/h6-14,28H,3-5H2,1-2H3. The minimum absolute atomic E-state index is 0.0931. The second kappa shape index (κ2) is 7.51. The maximum Gasteiger partial charge on any atom is 0.152 e. The third-order valence-electron chi connectivity index (χ3n) is 5.38. The average molecular weight is 392 g/mol. The van der Waals surface area contributed by atoms with Crippen LogP contribution in [0.4, 0.5) is 4.39 Å². The van der Waals surface area contributed by atoms with Gasteiger partial charge in [-0.2, -0.15) is 0 Å². The molecule has 0 fully saturated rings. The van der Waals surface area contributed by atoms with Gasteiger partial charge in [0.25, 0.3) is 0 Å². The van der Waals surface area contributed by atoms with Crippen LogP contribution < -0.4 is 0 Å². The van der Waals surface area contributed by atoms with E-state index in [1.54, 1.807) is 12.1 Å². The molecule has 0 N–H and O–H groups in total. The van der Waals surface area contributed by atoms with Gasteiger partial charge < -0.3 is 0 Å². The molecule has 2 aromatic carbocycles. The second-order valence-electron chi connectivity index (χ2n) is 7.59. The summed E-state index contributed by atoms with van der Waals surface area (Å²) in [6.07, 6.45) is 3.66. The van der Waals surface area contributed by atoms with E-state index in [-0.39, 0.29) is 11.7 Å². The van der Waals surface area contributed by atoms with E-state index in [2.05, 4.69) is 24.8 Å². The second-order valence-corrected chi connectivity index (χ2v) is 8.10. The molecule has 0 radical (unpaired) electrons. The van der Waals surface area contributed by atoms with E-state index in [1.165, 1.54) is 17.7 Å². The lowest BCUT2D eigenvalue weighted by molar-refractivity contribution is 0.112. The molecular weight excluding hydrogens is 369 g/mol. The van der Waals surface area contributed by atoms with Crippen LogP contribution >= 0.6 is 12.6 Å². The van der Waals surface area contributed by atoms with Crippen LogP contribution in [-0.2, 0) is 12.8 Å². The highest BCUT2D eigenvalue weighted by molar-refractivity contribution is 7.80. The summed E-state index contributed by atoms with van der Waals surface area (Å²) >= 11 is 4.53. The number of nitrogens with zero attached hydrogens (tertiary/aromatic N) is 1. The maximum absolute atomic E-state index is 13.5. The molecule has 1 heterocycles. The molecule has 3 aromatic rings. The number of carbonyl (C=O) groups excluding carboxylic acids is 1. The van der Waals surface area contributed by atoms with E-state index in [0.717, 1.165) is 64.1 Å². The van der Waals surface area contributed by atoms with Crippen LogP contribution in [0.1, 0.15) is 53.4 Å². The molecule has 28 heavy (non-hydrogen) atoms. The number of hydrogen-bond acceptors (Lipinski definition) is 3. The number of benzene rings is 2. The van der Waals surface area contributed by atoms with Crippen LogP contribution in [-0.4, -0.2) is 11.3 Å². The average Bonchev–Trinajstić information content (AvgIpc) is 2.86. The number of fused-ring (bicyclic) bond motifs is 3. The van der Waals surface area contributed by atoms with Crippen LogP contribution in [0.5, 0.6) is 0 Å². The van der Waals surface area contributed by atoms with Gasteiger partial charge in [0.05, 0.1) is 11.4 Å². The first-order valence-corrected chi connectivity index (χ1v) is 10.0. The molecule has 0 aliphatic heterocycles. The zero-order valence-corrected chi connectivity index (χ0v) is 16.9. The Balaban J connectivity index is 2.11. The van der Waals surface area contributed by atoms with Gasteiger partial charge in [0.1, 0.15) is 5.82 Å². The zero-order valence-electron chi connectivity index (χ0n) is 16.0. The molecule has 2 nitrogen and oxygen atoms in total. The highest BCUT2D eigenvalue weighted by atomic mass is 32.1. The van der Waals surface area contributed by atoms with Gasteiger partial charge in [-0.3, -0.25) is 9.78 Å². The largest absolute Gasteiger partial charge is 0.298 e. The molecule has 1 aliphatic carbocycles. The van der Waals surface area contributed by atoms with E-state index in [4.69, 9.17) is 4.98 Å². The van der Waals surface area contributed by atoms with Gasteiger partial charge in [0.2, 0.25) is 0 Å². The van der Waals surface area contributed by atoms with Crippen LogP contribution in [0.2, 0.25) is 0 Å². The number of thiol groups is 1. The smallest absolute Gasteiger partial charge is 0.152 e. The first kappa shape index (κ1) is 18.9. The van der Waals surface area contributed by atoms with Gasteiger partial charge in [-0.15, -0.1) is 12.6 Å². The zero-order chi connectivity index (χ0) is 19.8. The van der Waals surface area contributed by atoms with Gasteiger partial charge in [0.15, 0.2) is 6.29 Å². The normalized spacial score (nSPS) is 13.0. The maximum atomic E-state index is 13.5. The van der Waals surface area contributed by atoms with Crippen molar-refractivity contribution in [3.05, 3.63) is 70.7 Å². The number of halogens is 1. The molecule has 1 aromatic heterocycles.